The monoisotopic (exact) mass is 226 g/mol. The third kappa shape index (κ3) is 1.42. The number of rotatable bonds is 1. The topological polar surface area (TPSA) is 34.9 Å². The number of benzene rings is 1. The van der Waals surface area contributed by atoms with Crippen molar-refractivity contribution in [1.82, 2.24) is 9.78 Å². The van der Waals surface area contributed by atoms with Crippen LogP contribution >= 0.6 is 0 Å². The van der Waals surface area contributed by atoms with Gasteiger partial charge < -0.3 is 0 Å². The number of Topliss-reactive ketones (excluding diaryl/α,β-unsaturated/α-hetero) is 1. The maximum absolute atomic E-state index is 11.9. The molecule has 17 heavy (non-hydrogen) atoms. The van der Waals surface area contributed by atoms with Crippen LogP contribution in [-0.4, -0.2) is 15.6 Å². The van der Waals surface area contributed by atoms with Gasteiger partial charge in [-0.2, -0.15) is 5.10 Å². The Hall–Kier alpha value is -1.90. The lowest BCUT2D eigenvalue weighted by atomic mass is 10.0. The summed E-state index contributed by atoms with van der Waals surface area (Å²) >= 11 is 0. The number of carbonyl (C=O) groups is 1. The van der Waals surface area contributed by atoms with E-state index in [9.17, 15) is 4.79 Å². The zero-order valence-corrected chi connectivity index (χ0v) is 10.0. The molecule has 1 aliphatic carbocycles. The smallest absolute Gasteiger partial charge is 0.167 e. The number of fused-ring (bicyclic) bond motifs is 1. The average Bonchev–Trinajstić information content (AvgIpc) is 2.83. The van der Waals surface area contributed by atoms with Crippen LogP contribution in [0.25, 0.3) is 11.3 Å². The van der Waals surface area contributed by atoms with Gasteiger partial charge in [-0.3, -0.25) is 9.48 Å². The molecule has 0 saturated heterocycles. The second-order valence-electron chi connectivity index (χ2n) is 4.53. The first-order chi connectivity index (χ1) is 8.18. The van der Waals surface area contributed by atoms with E-state index < -0.39 is 0 Å². The summed E-state index contributed by atoms with van der Waals surface area (Å²) in [6.45, 7) is 2.05. The third-order valence-corrected chi connectivity index (χ3v) is 3.43. The fourth-order valence-corrected chi connectivity index (χ4v) is 2.52. The predicted octanol–water partition coefficient (Wildman–Crippen LogP) is 2.52. The minimum Gasteiger partial charge on any atom is -0.294 e. The Labute approximate surface area is 100 Å². The first-order valence-corrected chi connectivity index (χ1v) is 5.83. The summed E-state index contributed by atoms with van der Waals surface area (Å²) in [7, 11) is 1.92. The van der Waals surface area contributed by atoms with Crippen molar-refractivity contribution in [3.8, 4) is 11.3 Å². The maximum atomic E-state index is 11.9. The highest BCUT2D eigenvalue weighted by Crippen LogP contribution is 2.32. The van der Waals surface area contributed by atoms with E-state index in [0.29, 0.717) is 6.42 Å². The fraction of sp³-hybridized carbons (Fsp3) is 0.286. The van der Waals surface area contributed by atoms with Gasteiger partial charge in [0.05, 0.1) is 5.56 Å². The van der Waals surface area contributed by atoms with Gasteiger partial charge in [0.15, 0.2) is 5.78 Å². The Bertz CT molecular complexity index is 611. The molecular formula is C14H14N2O. The van der Waals surface area contributed by atoms with Gasteiger partial charge in [-0.1, -0.05) is 24.3 Å². The summed E-state index contributed by atoms with van der Waals surface area (Å²) in [6, 6.07) is 8.08. The lowest BCUT2D eigenvalue weighted by Crippen LogP contribution is -1.97. The SMILES string of the molecule is Cc1ccccc1-c1nn(C)c2c1C(=O)CC2. The molecule has 3 rings (SSSR count). The van der Waals surface area contributed by atoms with Crippen LogP contribution in [0.1, 0.15) is 28.0 Å². The lowest BCUT2D eigenvalue weighted by molar-refractivity contribution is 0.0995. The maximum Gasteiger partial charge on any atom is 0.167 e. The van der Waals surface area contributed by atoms with E-state index in [0.717, 1.165) is 34.5 Å². The highest BCUT2D eigenvalue weighted by Gasteiger charge is 2.29. The van der Waals surface area contributed by atoms with Gasteiger partial charge in [0.1, 0.15) is 5.69 Å². The number of hydrogen-bond donors (Lipinski definition) is 0. The predicted molar refractivity (Wildman–Crippen MR) is 66.0 cm³/mol. The molecule has 0 aliphatic heterocycles. The lowest BCUT2D eigenvalue weighted by Gasteiger charge is -2.03. The summed E-state index contributed by atoms with van der Waals surface area (Å²) in [5.41, 5.74) is 4.99. The minimum absolute atomic E-state index is 0.228. The molecule has 0 N–H and O–H groups in total. The zero-order valence-electron chi connectivity index (χ0n) is 10.0. The van der Waals surface area contributed by atoms with Crippen molar-refractivity contribution < 1.29 is 4.79 Å². The number of aryl methyl sites for hydroxylation is 2. The van der Waals surface area contributed by atoms with Crippen molar-refractivity contribution in [3.63, 3.8) is 0 Å². The Morgan fingerprint density at radius 1 is 1.24 bits per heavy atom. The number of carbonyl (C=O) groups excluding carboxylic acids is 1. The van der Waals surface area contributed by atoms with E-state index in [1.54, 1.807) is 0 Å². The average molecular weight is 226 g/mol. The van der Waals surface area contributed by atoms with Crippen molar-refractivity contribution in [2.24, 2.45) is 7.05 Å². The molecule has 0 atom stereocenters. The molecule has 0 bridgehead atoms. The van der Waals surface area contributed by atoms with Crippen LogP contribution in [-0.2, 0) is 13.5 Å². The highest BCUT2D eigenvalue weighted by molar-refractivity contribution is 6.05. The van der Waals surface area contributed by atoms with Crippen molar-refractivity contribution in [2.75, 3.05) is 0 Å². The van der Waals surface area contributed by atoms with E-state index in [-0.39, 0.29) is 5.78 Å². The van der Waals surface area contributed by atoms with Gasteiger partial charge in [0, 0.05) is 24.7 Å². The molecule has 1 heterocycles. The number of aromatic nitrogens is 2. The summed E-state index contributed by atoms with van der Waals surface area (Å²) < 4.78 is 1.85. The van der Waals surface area contributed by atoms with Crippen molar-refractivity contribution in [1.29, 1.82) is 0 Å². The van der Waals surface area contributed by atoms with Crippen LogP contribution < -0.4 is 0 Å². The molecule has 0 spiro atoms. The number of nitrogens with zero attached hydrogens (tertiary/aromatic N) is 2. The summed E-state index contributed by atoms with van der Waals surface area (Å²) in [4.78, 5) is 11.9. The summed E-state index contributed by atoms with van der Waals surface area (Å²) in [6.07, 6.45) is 1.45. The summed E-state index contributed by atoms with van der Waals surface area (Å²) in [5, 5.41) is 4.51. The summed E-state index contributed by atoms with van der Waals surface area (Å²) in [5.74, 6) is 0.228. The van der Waals surface area contributed by atoms with E-state index in [4.69, 9.17) is 0 Å². The quantitative estimate of drug-likeness (QED) is 0.749. The van der Waals surface area contributed by atoms with Crippen LogP contribution in [0.2, 0.25) is 0 Å². The van der Waals surface area contributed by atoms with E-state index >= 15 is 0 Å². The molecule has 1 aromatic carbocycles. The molecule has 0 unspecified atom stereocenters. The fourth-order valence-electron chi connectivity index (χ4n) is 2.52. The van der Waals surface area contributed by atoms with Gasteiger partial charge >= 0.3 is 0 Å². The first kappa shape index (κ1) is 10.3. The molecule has 0 radical (unpaired) electrons. The molecular weight excluding hydrogens is 212 g/mol. The van der Waals surface area contributed by atoms with Crippen molar-refractivity contribution >= 4 is 5.78 Å². The van der Waals surface area contributed by atoms with Crippen LogP contribution in [0, 0.1) is 6.92 Å². The van der Waals surface area contributed by atoms with E-state index in [1.165, 1.54) is 0 Å². The Morgan fingerprint density at radius 2 is 2.00 bits per heavy atom. The van der Waals surface area contributed by atoms with E-state index in [1.807, 2.05) is 29.9 Å². The zero-order chi connectivity index (χ0) is 12.0. The normalized spacial score (nSPS) is 14.1. The Morgan fingerprint density at radius 3 is 2.76 bits per heavy atom. The molecule has 0 saturated carbocycles. The van der Waals surface area contributed by atoms with Crippen LogP contribution in [0.4, 0.5) is 0 Å². The van der Waals surface area contributed by atoms with Crippen LogP contribution in [0.5, 0.6) is 0 Å². The molecule has 1 aliphatic rings. The molecule has 2 aromatic rings. The second-order valence-corrected chi connectivity index (χ2v) is 4.53. The largest absolute Gasteiger partial charge is 0.294 e. The van der Waals surface area contributed by atoms with Crippen LogP contribution in [0.15, 0.2) is 24.3 Å². The minimum atomic E-state index is 0.228. The van der Waals surface area contributed by atoms with Crippen molar-refractivity contribution in [2.45, 2.75) is 19.8 Å². The van der Waals surface area contributed by atoms with Gasteiger partial charge in [-0.15, -0.1) is 0 Å². The second kappa shape index (κ2) is 3.55. The third-order valence-electron chi connectivity index (χ3n) is 3.43. The van der Waals surface area contributed by atoms with Gasteiger partial charge in [0.25, 0.3) is 0 Å². The molecule has 86 valence electrons. The molecule has 0 amide bonds. The first-order valence-electron chi connectivity index (χ1n) is 5.83. The van der Waals surface area contributed by atoms with Crippen molar-refractivity contribution in [3.05, 3.63) is 41.1 Å². The van der Waals surface area contributed by atoms with Gasteiger partial charge in [-0.25, -0.2) is 0 Å². The highest BCUT2D eigenvalue weighted by atomic mass is 16.1. The van der Waals surface area contributed by atoms with Gasteiger partial charge in [0.2, 0.25) is 0 Å². The number of hydrogen-bond acceptors (Lipinski definition) is 2. The Kier molecular flexibility index (Phi) is 2.15. The molecule has 1 aromatic heterocycles. The number of ketones is 1. The molecule has 3 heteroatoms. The van der Waals surface area contributed by atoms with Gasteiger partial charge in [-0.05, 0) is 18.9 Å². The Balaban J connectivity index is 2.27. The molecule has 0 fully saturated rings. The standard InChI is InChI=1S/C14H14N2O/c1-9-5-3-4-6-10(9)14-13-11(16(2)15-14)7-8-12(13)17/h3-6H,7-8H2,1-2H3. The molecule has 3 nitrogen and oxygen atoms in total. The van der Waals surface area contributed by atoms with Crippen LogP contribution in [0.3, 0.4) is 0 Å². The van der Waals surface area contributed by atoms with E-state index in [2.05, 4.69) is 18.1 Å².